The van der Waals surface area contributed by atoms with E-state index in [9.17, 15) is 18.1 Å². The number of amides is 1. The molecule has 14 heteroatoms. The third kappa shape index (κ3) is 9.05. The van der Waals surface area contributed by atoms with E-state index in [1.165, 1.54) is 29.3 Å². The number of nitroso groups, excluding NO2 is 1. The van der Waals surface area contributed by atoms with Crippen molar-refractivity contribution in [3.8, 4) is 11.5 Å². The number of benzene rings is 5. The van der Waals surface area contributed by atoms with E-state index in [1.54, 1.807) is 18.2 Å². The summed E-state index contributed by atoms with van der Waals surface area (Å²) in [5.74, 6) is 0.212. The summed E-state index contributed by atoms with van der Waals surface area (Å²) in [6.45, 7) is 5.03. The van der Waals surface area contributed by atoms with Crippen LogP contribution in [0.1, 0.15) is 40.4 Å². The summed E-state index contributed by atoms with van der Waals surface area (Å²) in [5, 5.41) is 6.02. The lowest BCUT2D eigenvalue weighted by atomic mass is 9.96. The highest BCUT2D eigenvalue weighted by Gasteiger charge is 2.29. The maximum Gasteiger partial charge on any atom is 0.277 e. The number of anilines is 2. The molecule has 0 saturated carbocycles. The van der Waals surface area contributed by atoms with Crippen LogP contribution < -0.4 is 24.9 Å². The van der Waals surface area contributed by atoms with Gasteiger partial charge in [-0.25, -0.2) is 13.1 Å². The van der Waals surface area contributed by atoms with Crippen LogP contribution in [0.3, 0.4) is 0 Å². The number of hydrogen-bond acceptors (Lipinski definition) is 9. The second kappa shape index (κ2) is 18.0. The second-order valence-electron chi connectivity index (χ2n) is 14.4. The highest BCUT2D eigenvalue weighted by Crippen LogP contribution is 2.35. The fourth-order valence-corrected chi connectivity index (χ4v) is 8.69. The molecule has 300 valence electrons. The summed E-state index contributed by atoms with van der Waals surface area (Å²) < 4.78 is 41.3. The Labute approximate surface area is 337 Å². The first-order valence-corrected chi connectivity index (χ1v) is 20.7. The van der Waals surface area contributed by atoms with Crippen LogP contribution in [0, 0.1) is 10.8 Å². The van der Waals surface area contributed by atoms with Gasteiger partial charge in [0, 0.05) is 90.9 Å². The molecule has 3 heterocycles. The monoisotopic (exact) mass is 803 g/mol. The van der Waals surface area contributed by atoms with Gasteiger partial charge in [0.1, 0.15) is 17.2 Å². The van der Waals surface area contributed by atoms with Crippen LogP contribution in [0.5, 0.6) is 11.5 Å². The number of piperazine rings is 1. The van der Waals surface area contributed by atoms with Gasteiger partial charge in [-0.2, -0.15) is 0 Å². The van der Waals surface area contributed by atoms with Gasteiger partial charge in [0.2, 0.25) is 0 Å². The van der Waals surface area contributed by atoms with Crippen LogP contribution in [-0.4, -0.2) is 75.6 Å². The molecule has 0 radical (unpaired) electrons. The van der Waals surface area contributed by atoms with Gasteiger partial charge in [0.25, 0.3) is 21.6 Å². The molecular formula is C44H47N6O7S+. The van der Waals surface area contributed by atoms with Crippen molar-refractivity contribution in [1.82, 2.24) is 14.6 Å². The van der Waals surface area contributed by atoms with Crippen LogP contribution in [0.25, 0.3) is 10.9 Å². The average molecular weight is 804 g/mol. The van der Waals surface area contributed by atoms with Gasteiger partial charge in [0.15, 0.2) is 0 Å². The maximum atomic E-state index is 13.9. The van der Waals surface area contributed by atoms with Gasteiger partial charge in [-0.1, -0.05) is 60.7 Å². The van der Waals surface area contributed by atoms with Crippen molar-refractivity contribution < 1.29 is 33.3 Å². The van der Waals surface area contributed by atoms with Gasteiger partial charge >= 0.3 is 0 Å². The molecule has 0 bridgehead atoms. The molecule has 0 unspecified atom stereocenters. The largest absolute Gasteiger partial charge is 0.456 e. The number of fused-ring (bicyclic) bond motifs is 1. The first-order chi connectivity index (χ1) is 27.8. The van der Waals surface area contributed by atoms with Crippen LogP contribution in [0.2, 0.25) is 0 Å². The van der Waals surface area contributed by atoms with Gasteiger partial charge in [-0.05, 0) is 78.4 Å². The zero-order valence-corrected chi connectivity index (χ0v) is 32.7. The van der Waals surface area contributed by atoms with Crippen molar-refractivity contribution in [3.63, 3.8) is 0 Å². The minimum atomic E-state index is -4.39. The van der Waals surface area contributed by atoms with Gasteiger partial charge in [0.05, 0.1) is 16.5 Å². The molecule has 6 N–H and O–H groups in total. The van der Waals surface area contributed by atoms with E-state index in [0.29, 0.717) is 37.1 Å². The van der Waals surface area contributed by atoms with Crippen LogP contribution in [-0.2, 0) is 14.8 Å². The Morgan fingerprint density at radius 1 is 0.845 bits per heavy atom. The molecule has 6 aromatic rings. The lowest BCUT2D eigenvalue weighted by Gasteiger charge is -2.40. The first kappa shape index (κ1) is 40.1. The summed E-state index contributed by atoms with van der Waals surface area (Å²) in [6, 6.07) is 38.0. The third-order valence-electron chi connectivity index (χ3n) is 10.8. The summed E-state index contributed by atoms with van der Waals surface area (Å²) in [5.41, 5.74) is 4.82. The van der Waals surface area contributed by atoms with Gasteiger partial charge in [-0.15, -0.1) is 0 Å². The third-order valence-corrected chi connectivity index (χ3v) is 12.1. The van der Waals surface area contributed by atoms with Crippen molar-refractivity contribution in [2.45, 2.75) is 23.8 Å². The number of carbonyl (C=O) groups excluding carboxylic acids is 1. The second-order valence-corrected chi connectivity index (χ2v) is 16.1. The maximum absolute atomic E-state index is 13.9. The zero-order valence-electron chi connectivity index (χ0n) is 31.9. The van der Waals surface area contributed by atoms with Crippen LogP contribution in [0.15, 0.2) is 132 Å². The summed E-state index contributed by atoms with van der Waals surface area (Å²) in [4.78, 5) is 33.5. The highest BCUT2D eigenvalue weighted by atomic mass is 32.2. The Morgan fingerprint density at radius 2 is 1.55 bits per heavy atom. The van der Waals surface area contributed by atoms with E-state index in [4.69, 9.17) is 9.47 Å². The number of rotatable bonds is 13. The highest BCUT2D eigenvalue weighted by molar-refractivity contribution is 7.90. The molecule has 0 aliphatic carbocycles. The molecule has 58 heavy (non-hydrogen) atoms. The molecule has 5 aromatic carbocycles. The van der Waals surface area contributed by atoms with Gasteiger partial charge in [-0.3, -0.25) is 9.69 Å². The zero-order chi connectivity index (χ0) is 39.2. The predicted octanol–water partition coefficient (Wildman–Crippen LogP) is 5.48. The molecule has 1 aromatic heterocycles. The summed E-state index contributed by atoms with van der Waals surface area (Å²) >= 11 is 0. The van der Waals surface area contributed by atoms with Crippen molar-refractivity contribution in [1.29, 1.82) is 0 Å². The van der Waals surface area contributed by atoms with Crippen molar-refractivity contribution in [2.75, 3.05) is 56.2 Å². The standard InChI is InChI=1S/C44H44N6O6S.H2O/c51-44(48-57(53,54)37-13-16-40(41(29-37)47-52)46-30-31-18-25-55-26-19-31)38-14-11-35(28-42(38)56-36-12-15-39-34(27-36)17-20-45-39)49-21-23-50(24-22-49)43(32-7-3-1-4-8-32)33-9-5-2-6-10-33;/h1-17,20,27-29,31,43,45-46H,18-19,21-26,30H2,(H,48,51);1H2/p+1. The molecule has 2 aliphatic heterocycles. The molecule has 0 atom stereocenters. The SMILES string of the molecule is O.O=[NH+]c1cc(S(=O)(=O)NC(=O)c2ccc(N3CCN(C(c4ccccc4)c4ccccc4)CC3)cc2Oc2ccc3[nH]ccc3c2)ccc1NCC1CCOCC1. The van der Waals surface area contributed by atoms with Gasteiger partial charge < -0.3 is 30.2 Å². The molecule has 1 amide bonds. The van der Waals surface area contributed by atoms with Crippen molar-refractivity contribution >= 4 is 43.9 Å². The number of H-pyrrole nitrogens is 1. The Hall–Kier alpha value is -6.06. The van der Waals surface area contributed by atoms with E-state index >= 15 is 0 Å². The van der Waals surface area contributed by atoms with Crippen molar-refractivity contribution in [2.24, 2.45) is 5.92 Å². The number of aromatic nitrogens is 1. The number of nitrogens with zero attached hydrogens (tertiary/aromatic N) is 2. The Morgan fingerprint density at radius 3 is 2.24 bits per heavy atom. The van der Waals surface area contributed by atoms with Crippen LogP contribution in [0.4, 0.5) is 17.1 Å². The Kier molecular flexibility index (Phi) is 12.5. The molecule has 2 fully saturated rings. The Balaban J connectivity index is 0.00000512. The van der Waals surface area contributed by atoms with E-state index in [-0.39, 0.29) is 33.4 Å². The van der Waals surface area contributed by atoms with E-state index in [2.05, 4.69) is 73.4 Å². The smallest absolute Gasteiger partial charge is 0.277 e. The number of hydrogen-bond donors (Lipinski definition) is 4. The lowest BCUT2D eigenvalue weighted by molar-refractivity contribution is -0.378. The number of ether oxygens (including phenoxy) is 2. The minimum Gasteiger partial charge on any atom is -0.456 e. The molecule has 13 nitrogen and oxygen atoms in total. The first-order valence-electron chi connectivity index (χ1n) is 19.2. The summed E-state index contributed by atoms with van der Waals surface area (Å²) in [7, 11) is -4.39. The van der Waals surface area contributed by atoms with E-state index in [0.717, 1.165) is 55.6 Å². The number of sulfonamides is 1. The van der Waals surface area contributed by atoms with E-state index < -0.39 is 15.9 Å². The van der Waals surface area contributed by atoms with Crippen LogP contribution >= 0.6 is 0 Å². The average Bonchev–Trinajstić information content (AvgIpc) is 3.72. The molecule has 2 saturated heterocycles. The quantitative estimate of drug-likeness (QED) is 0.118. The number of carbonyl (C=O) groups is 1. The fourth-order valence-electron chi connectivity index (χ4n) is 7.69. The molecule has 0 spiro atoms. The van der Waals surface area contributed by atoms with Crippen molar-refractivity contribution in [3.05, 3.63) is 149 Å². The number of aromatic amines is 1. The summed E-state index contributed by atoms with van der Waals surface area (Å²) in [6.07, 6.45) is 3.64. The topological polar surface area (TPSA) is 179 Å². The van der Waals surface area contributed by atoms with E-state index in [1.807, 2.05) is 47.8 Å². The normalized spacial score (nSPS) is 15.2. The molecular weight excluding hydrogens is 757 g/mol. The Bertz CT molecular complexity index is 2410. The predicted molar refractivity (Wildman–Crippen MR) is 224 cm³/mol. The number of nitrogens with one attached hydrogen (secondary N) is 4. The molecule has 2 aliphatic rings. The fraction of sp³-hybridized carbons (Fsp3) is 0.250. The lowest BCUT2D eigenvalue weighted by Crippen LogP contribution is -2.56. The molecule has 8 rings (SSSR count). The minimum absolute atomic E-state index is 0.